The molecule has 2 aromatic rings. The highest BCUT2D eigenvalue weighted by molar-refractivity contribution is 5.80. The van der Waals surface area contributed by atoms with Crippen molar-refractivity contribution in [3.63, 3.8) is 0 Å². The summed E-state index contributed by atoms with van der Waals surface area (Å²) in [5, 5.41) is 7.02. The molecule has 0 aromatic heterocycles. The molecule has 0 amide bonds. The molecule has 3 rings (SSSR count). The van der Waals surface area contributed by atoms with Crippen molar-refractivity contribution in [1.29, 1.82) is 0 Å². The van der Waals surface area contributed by atoms with E-state index in [2.05, 4.69) is 33.5 Å². The van der Waals surface area contributed by atoms with Crippen molar-refractivity contribution in [2.45, 2.75) is 25.3 Å². The van der Waals surface area contributed by atoms with E-state index in [0.29, 0.717) is 12.0 Å². The SMILES string of the molecule is CN=C(NCC(C)c1ccccc1OC)NC1CCN(c2cc(OC)cc(OC)c2)C1. The number of methoxy groups -OCH3 is 3. The van der Waals surface area contributed by atoms with Crippen LogP contribution in [0.5, 0.6) is 17.2 Å². The van der Waals surface area contributed by atoms with Gasteiger partial charge >= 0.3 is 0 Å². The van der Waals surface area contributed by atoms with Crippen LogP contribution in [-0.2, 0) is 0 Å². The fourth-order valence-electron chi connectivity index (χ4n) is 3.91. The summed E-state index contributed by atoms with van der Waals surface area (Å²) in [4.78, 5) is 6.76. The van der Waals surface area contributed by atoms with Crippen molar-refractivity contribution in [2.75, 3.05) is 52.9 Å². The lowest BCUT2D eigenvalue weighted by molar-refractivity contribution is 0.394. The summed E-state index contributed by atoms with van der Waals surface area (Å²) in [5.41, 5.74) is 2.29. The Kier molecular flexibility index (Phi) is 7.87. The predicted molar refractivity (Wildman–Crippen MR) is 126 cm³/mol. The van der Waals surface area contributed by atoms with E-state index in [-0.39, 0.29) is 0 Å². The first-order chi connectivity index (χ1) is 15.1. The molecule has 2 aromatic carbocycles. The lowest BCUT2D eigenvalue weighted by atomic mass is 10.0. The van der Waals surface area contributed by atoms with E-state index >= 15 is 0 Å². The number of hydrogen-bond donors (Lipinski definition) is 2. The highest BCUT2D eigenvalue weighted by Gasteiger charge is 2.24. The van der Waals surface area contributed by atoms with E-state index in [4.69, 9.17) is 14.2 Å². The zero-order chi connectivity index (χ0) is 22.2. The van der Waals surface area contributed by atoms with E-state index in [1.165, 1.54) is 5.56 Å². The van der Waals surface area contributed by atoms with Crippen LogP contribution in [0, 0.1) is 0 Å². The van der Waals surface area contributed by atoms with Gasteiger partial charge in [-0.15, -0.1) is 0 Å². The summed E-state index contributed by atoms with van der Waals surface area (Å²) in [5.74, 6) is 3.62. The number of benzene rings is 2. The lowest BCUT2D eigenvalue weighted by Gasteiger charge is -2.22. The summed E-state index contributed by atoms with van der Waals surface area (Å²) in [6.07, 6.45) is 1.03. The molecule has 0 spiro atoms. The molecule has 2 unspecified atom stereocenters. The van der Waals surface area contributed by atoms with Crippen LogP contribution in [0.2, 0.25) is 0 Å². The molecule has 0 saturated carbocycles. The smallest absolute Gasteiger partial charge is 0.191 e. The molecule has 7 nitrogen and oxygen atoms in total. The van der Waals surface area contributed by atoms with Crippen LogP contribution in [0.15, 0.2) is 47.5 Å². The molecule has 168 valence electrons. The van der Waals surface area contributed by atoms with Gasteiger partial charge in [0.1, 0.15) is 17.2 Å². The van der Waals surface area contributed by atoms with Gasteiger partial charge in [-0.1, -0.05) is 25.1 Å². The van der Waals surface area contributed by atoms with Crippen molar-refractivity contribution in [3.8, 4) is 17.2 Å². The highest BCUT2D eigenvalue weighted by Crippen LogP contribution is 2.30. The van der Waals surface area contributed by atoms with Gasteiger partial charge in [-0.25, -0.2) is 0 Å². The Bertz CT molecular complexity index is 865. The number of para-hydroxylation sites is 1. The monoisotopic (exact) mass is 426 g/mol. The zero-order valence-corrected chi connectivity index (χ0v) is 19.1. The number of aliphatic imine (C=N–C) groups is 1. The van der Waals surface area contributed by atoms with Crippen LogP contribution in [0.3, 0.4) is 0 Å². The van der Waals surface area contributed by atoms with Gasteiger partial charge in [0.2, 0.25) is 0 Å². The van der Waals surface area contributed by atoms with Crippen molar-refractivity contribution >= 4 is 11.6 Å². The Morgan fingerprint density at radius 2 is 1.81 bits per heavy atom. The molecule has 1 heterocycles. The summed E-state index contributed by atoms with van der Waals surface area (Å²) in [6.45, 7) is 4.80. The number of hydrogen-bond acceptors (Lipinski definition) is 5. The molecule has 0 bridgehead atoms. The van der Waals surface area contributed by atoms with E-state index in [9.17, 15) is 0 Å². The molecule has 1 saturated heterocycles. The largest absolute Gasteiger partial charge is 0.497 e. The lowest BCUT2D eigenvalue weighted by Crippen LogP contribution is -2.45. The van der Waals surface area contributed by atoms with Gasteiger partial charge in [-0.3, -0.25) is 4.99 Å². The molecule has 0 aliphatic carbocycles. The van der Waals surface area contributed by atoms with Crippen molar-refractivity contribution < 1.29 is 14.2 Å². The zero-order valence-electron chi connectivity index (χ0n) is 19.1. The fraction of sp³-hybridized carbons (Fsp3) is 0.458. The number of rotatable bonds is 8. The van der Waals surface area contributed by atoms with Crippen LogP contribution in [0.25, 0.3) is 0 Å². The third-order valence-corrected chi connectivity index (χ3v) is 5.70. The minimum absolute atomic E-state index is 0.291. The second-order valence-corrected chi connectivity index (χ2v) is 7.74. The molecule has 1 aliphatic heterocycles. The summed E-state index contributed by atoms with van der Waals surface area (Å²) in [7, 11) is 6.87. The first-order valence-corrected chi connectivity index (χ1v) is 10.7. The Morgan fingerprint density at radius 1 is 1.10 bits per heavy atom. The Morgan fingerprint density at radius 3 is 2.45 bits per heavy atom. The van der Waals surface area contributed by atoms with Gasteiger partial charge in [0.05, 0.1) is 21.3 Å². The maximum Gasteiger partial charge on any atom is 0.191 e. The third kappa shape index (κ3) is 5.75. The van der Waals surface area contributed by atoms with E-state index in [1.807, 2.05) is 43.4 Å². The van der Waals surface area contributed by atoms with Crippen LogP contribution in [0.1, 0.15) is 24.8 Å². The molecule has 2 N–H and O–H groups in total. The van der Waals surface area contributed by atoms with Crippen LogP contribution in [-0.4, -0.2) is 60.0 Å². The van der Waals surface area contributed by atoms with Gasteiger partial charge < -0.3 is 29.7 Å². The maximum atomic E-state index is 5.50. The van der Waals surface area contributed by atoms with Crippen LogP contribution < -0.4 is 29.7 Å². The molecule has 31 heavy (non-hydrogen) atoms. The van der Waals surface area contributed by atoms with Gasteiger partial charge in [-0.05, 0) is 18.1 Å². The summed E-state index contributed by atoms with van der Waals surface area (Å²) in [6, 6.07) is 14.4. The van der Waals surface area contributed by atoms with Crippen molar-refractivity contribution in [1.82, 2.24) is 10.6 Å². The van der Waals surface area contributed by atoms with Crippen molar-refractivity contribution in [3.05, 3.63) is 48.0 Å². The number of guanidine groups is 1. The molecule has 2 atom stereocenters. The minimum atomic E-state index is 0.291. The van der Waals surface area contributed by atoms with Gasteiger partial charge in [-0.2, -0.15) is 0 Å². The first kappa shape index (κ1) is 22.6. The third-order valence-electron chi connectivity index (χ3n) is 5.70. The first-order valence-electron chi connectivity index (χ1n) is 10.7. The fourth-order valence-corrected chi connectivity index (χ4v) is 3.91. The van der Waals surface area contributed by atoms with Gasteiger partial charge in [0, 0.05) is 62.5 Å². The molecule has 7 heteroatoms. The number of ether oxygens (including phenoxy) is 3. The van der Waals surface area contributed by atoms with Gasteiger partial charge in [0.25, 0.3) is 0 Å². The Balaban J connectivity index is 1.56. The predicted octanol–water partition coefficient (Wildman–Crippen LogP) is 3.26. The standard InChI is InChI=1S/C24H34N4O3/c1-17(22-8-6-7-9-23(22)31-5)15-26-24(25-2)27-18-10-11-28(16-18)19-12-20(29-3)14-21(13-19)30-4/h6-9,12-14,17-18H,10-11,15-16H2,1-5H3,(H2,25,26,27). The van der Waals surface area contributed by atoms with E-state index < -0.39 is 0 Å². The number of anilines is 1. The summed E-state index contributed by atoms with van der Waals surface area (Å²) < 4.78 is 16.3. The van der Waals surface area contributed by atoms with Gasteiger partial charge in [0.15, 0.2) is 5.96 Å². The summed E-state index contributed by atoms with van der Waals surface area (Å²) >= 11 is 0. The molecule has 0 radical (unpaired) electrons. The molecular formula is C24H34N4O3. The molecule has 1 fully saturated rings. The average molecular weight is 427 g/mol. The minimum Gasteiger partial charge on any atom is -0.497 e. The second-order valence-electron chi connectivity index (χ2n) is 7.74. The van der Waals surface area contributed by atoms with Crippen LogP contribution in [0.4, 0.5) is 5.69 Å². The maximum absolute atomic E-state index is 5.50. The highest BCUT2D eigenvalue weighted by atomic mass is 16.5. The number of nitrogens with one attached hydrogen (secondary N) is 2. The van der Waals surface area contributed by atoms with E-state index in [1.54, 1.807) is 21.3 Å². The van der Waals surface area contributed by atoms with Crippen LogP contribution >= 0.6 is 0 Å². The average Bonchev–Trinajstić information content (AvgIpc) is 3.29. The normalized spacial score (nSPS) is 17.3. The Labute approximate surface area is 185 Å². The topological polar surface area (TPSA) is 67.4 Å². The number of nitrogens with zero attached hydrogens (tertiary/aromatic N) is 2. The Hall–Kier alpha value is -3.09. The molecular weight excluding hydrogens is 392 g/mol. The molecule has 1 aliphatic rings. The van der Waals surface area contributed by atoms with E-state index in [0.717, 1.165) is 55.0 Å². The quantitative estimate of drug-likeness (QED) is 0.499. The van der Waals surface area contributed by atoms with Crippen molar-refractivity contribution in [2.24, 2.45) is 4.99 Å². The second kappa shape index (κ2) is 10.8.